The van der Waals surface area contributed by atoms with E-state index in [2.05, 4.69) is 4.98 Å². The van der Waals surface area contributed by atoms with Crippen molar-refractivity contribution in [1.29, 1.82) is 5.26 Å². The molecule has 0 aromatic carbocycles. The van der Waals surface area contributed by atoms with Crippen LogP contribution in [0.5, 0.6) is 0 Å². The number of rotatable bonds is 3. The number of pyridine rings is 1. The summed E-state index contributed by atoms with van der Waals surface area (Å²) in [7, 11) is -3.67. The van der Waals surface area contributed by atoms with E-state index in [9.17, 15) is 8.42 Å². The summed E-state index contributed by atoms with van der Waals surface area (Å²) in [5, 5.41) is 8.93. The van der Waals surface area contributed by atoms with Gasteiger partial charge in [-0.05, 0) is 25.0 Å². The van der Waals surface area contributed by atoms with E-state index in [0.29, 0.717) is 13.1 Å². The van der Waals surface area contributed by atoms with Gasteiger partial charge >= 0.3 is 0 Å². The first-order chi connectivity index (χ1) is 8.61. The van der Waals surface area contributed by atoms with Crippen molar-refractivity contribution in [3.05, 3.63) is 24.0 Å². The Morgan fingerprint density at radius 2 is 2.39 bits per heavy atom. The van der Waals surface area contributed by atoms with Crippen LogP contribution in [0.3, 0.4) is 0 Å². The summed E-state index contributed by atoms with van der Waals surface area (Å²) >= 11 is 0. The van der Waals surface area contributed by atoms with Gasteiger partial charge in [0.1, 0.15) is 11.0 Å². The molecule has 0 radical (unpaired) electrons. The van der Waals surface area contributed by atoms with Crippen LogP contribution in [-0.2, 0) is 10.0 Å². The van der Waals surface area contributed by atoms with Gasteiger partial charge < -0.3 is 5.73 Å². The fraction of sp³-hybridized carbons (Fsp3) is 0.455. The van der Waals surface area contributed by atoms with Crippen LogP contribution < -0.4 is 5.73 Å². The minimum absolute atomic E-state index is 0.0344. The summed E-state index contributed by atoms with van der Waals surface area (Å²) in [6.45, 7) is 0.741. The van der Waals surface area contributed by atoms with Crippen LogP contribution in [0, 0.1) is 11.3 Å². The molecule has 2 heterocycles. The second-order valence-corrected chi connectivity index (χ2v) is 5.97. The molecule has 6 nitrogen and oxygen atoms in total. The maximum atomic E-state index is 12.5. The number of nitrogens with zero attached hydrogens (tertiary/aromatic N) is 3. The molecule has 1 aromatic heterocycles. The summed E-state index contributed by atoms with van der Waals surface area (Å²) in [5.74, 6) is 0. The molecule has 7 heteroatoms. The average molecular weight is 266 g/mol. The van der Waals surface area contributed by atoms with E-state index >= 15 is 0 Å². The zero-order chi connectivity index (χ0) is 13.2. The minimum Gasteiger partial charge on any atom is -0.329 e. The van der Waals surface area contributed by atoms with E-state index in [1.54, 1.807) is 0 Å². The van der Waals surface area contributed by atoms with E-state index in [-0.39, 0.29) is 16.6 Å². The van der Waals surface area contributed by atoms with E-state index < -0.39 is 10.0 Å². The summed E-state index contributed by atoms with van der Waals surface area (Å²) in [6.07, 6.45) is 2.96. The lowest BCUT2D eigenvalue weighted by atomic mass is 10.2. The van der Waals surface area contributed by atoms with Gasteiger partial charge in [-0.2, -0.15) is 9.57 Å². The van der Waals surface area contributed by atoms with Gasteiger partial charge in [0, 0.05) is 25.3 Å². The van der Waals surface area contributed by atoms with Crippen LogP contribution in [0.1, 0.15) is 18.5 Å². The van der Waals surface area contributed by atoms with Crippen molar-refractivity contribution in [3.63, 3.8) is 0 Å². The molecule has 2 N–H and O–H groups in total. The number of nitrogens with two attached hydrogens (primary N) is 1. The lowest BCUT2D eigenvalue weighted by Crippen LogP contribution is -2.40. The highest BCUT2D eigenvalue weighted by atomic mass is 32.2. The molecule has 0 aliphatic carbocycles. The molecule has 0 bridgehead atoms. The maximum Gasteiger partial charge on any atom is 0.246 e. The van der Waals surface area contributed by atoms with Gasteiger partial charge in [-0.3, -0.25) is 0 Å². The first kappa shape index (κ1) is 13.0. The molecular formula is C11H14N4O2S. The molecule has 1 aliphatic rings. The van der Waals surface area contributed by atoms with Crippen LogP contribution in [0.4, 0.5) is 0 Å². The fourth-order valence-corrected chi connectivity index (χ4v) is 3.97. The monoisotopic (exact) mass is 266 g/mol. The molecule has 18 heavy (non-hydrogen) atoms. The zero-order valence-electron chi connectivity index (χ0n) is 9.78. The van der Waals surface area contributed by atoms with Crippen LogP contribution in [0.15, 0.2) is 23.2 Å². The van der Waals surface area contributed by atoms with Crippen LogP contribution >= 0.6 is 0 Å². The predicted octanol–water partition coefficient (Wildman–Crippen LogP) is 0.0651. The van der Waals surface area contributed by atoms with E-state index in [0.717, 1.165) is 12.8 Å². The van der Waals surface area contributed by atoms with E-state index in [1.807, 2.05) is 6.07 Å². The molecule has 1 fully saturated rings. The average Bonchev–Trinajstić information content (AvgIpc) is 2.87. The smallest absolute Gasteiger partial charge is 0.246 e. The van der Waals surface area contributed by atoms with Gasteiger partial charge in [0.2, 0.25) is 10.0 Å². The topological polar surface area (TPSA) is 100 Å². The first-order valence-electron chi connectivity index (χ1n) is 5.68. The standard InChI is InChI=1S/C11H14N4O2S/c12-7-9-3-2-6-15(9)18(16,17)11-4-1-5-14-10(11)8-13/h1,4-5,9H,2-3,6-7,12H2. The Morgan fingerprint density at radius 3 is 3.06 bits per heavy atom. The molecule has 0 saturated carbocycles. The second kappa shape index (κ2) is 5.02. The first-order valence-corrected chi connectivity index (χ1v) is 7.12. The third kappa shape index (κ3) is 2.10. The minimum atomic E-state index is -3.67. The number of aromatic nitrogens is 1. The van der Waals surface area contributed by atoms with Gasteiger partial charge in [0.25, 0.3) is 0 Å². The number of nitriles is 1. The molecule has 0 amide bonds. The summed E-state index contributed by atoms with van der Waals surface area (Å²) in [4.78, 5) is 3.75. The third-order valence-corrected chi connectivity index (χ3v) is 5.04. The molecule has 1 atom stereocenters. The predicted molar refractivity (Wildman–Crippen MR) is 64.9 cm³/mol. The summed E-state index contributed by atoms with van der Waals surface area (Å²) in [6, 6.07) is 4.56. The Kier molecular flexibility index (Phi) is 3.61. The quantitative estimate of drug-likeness (QED) is 0.834. The Hall–Kier alpha value is -1.49. The highest BCUT2D eigenvalue weighted by Crippen LogP contribution is 2.26. The molecule has 96 valence electrons. The van der Waals surface area contributed by atoms with Crippen LogP contribution in [-0.4, -0.2) is 36.8 Å². The molecule has 2 rings (SSSR count). The number of sulfonamides is 1. The summed E-state index contributed by atoms with van der Waals surface area (Å²) in [5.41, 5.74) is 5.51. The highest BCUT2D eigenvalue weighted by molar-refractivity contribution is 7.89. The van der Waals surface area contributed by atoms with Crippen molar-refractivity contribution >= 4 is 10.0 Å². The van der Waals surface area contributed by atoms with Gasteiger partial charge in [0.15, 0.2) is 5.69 Å². The number of hydrogen-bond acceptors (Lipinski definition) is 5. The van der Waals surface area contributed by atoms with Crippen molar-refractivity contribution in [2.24, 2.45) is 5.73 Å². The molecule has 1 aliphatic heterocycles. The van der Waals surface area contributed by atoms with Crippen LogP contribution in [0.2, 0.25) is 0 Å². The Morgan fingerprint density at radius 1 is 1.61 bits per heavy atom. The molecule has 1 saturated heterocycles. The van der Waals surface area contributed by atoms with Gasteiger partial charge in [-0.15, -0.1) is 0 Å². The lowest BCUT2D eigenvalue weighted by molar-refractivity contribution is 0.393. The summed E-state index contributed by atoms with van der Waals surface area (Å²) < 4.78 is 26.3. The van der Waals surface area contributed by atoms with E-state index in [1.165, 1.54) is 22.6 Å². The van der Waals surface area contributed by atoms with Crippen LogP contribution in [0.25, 0.3) is 0 Å². The van der Waals surface area contributed by atoms with Gasteiger partial charge in [0.05, 0.1) is 0 Å². The third-order valence-electron chi connectivity index (χ3n) is 3.06. The SMILES string of the molecule is N#Cc1ncccc1S(=O)(=O)N1CCCC1CN. The number of hydrogen-bond donors (Lipinski definition) is 1. The van der Waals surface area contributed by atoms with Crippen molar-refractivity contribution in [1.82, 2.24) is 9.29 Å². The second-order valence-electron chi connectivity index (χ2n) is 4.11. The molecular weight excluding hydrogens is 252 g/mol. The maximum absolute atomic E-state index is 12.5. The normalized spacial score (nSPS) is 20.8. The van der Waals surface area contributed by atoms with Crippen molar-refractivity contribution in [2.75, 3.05) is 13.1 Å². The van der Waals surface area contributed by atoms with Crippen molar-refractivity contribution < 1.29 is 8.42 Å². The molecule has 1 aromatic rings. The van der Waals surface area contributed by atoms with Crippen molar-refractivity contribution in [3.8, 4) is 6.07 Å². The highest BCUT2D eigenvalue weighted by Gasteiger charge is 2.35. The zero-order valence-corrected chi connectivity index (χ0v) is 10.6. The van der Waals surface area contributed by atoms with E-state index in [4.69, 9.17) is 11.0 Å². The largest absolute Gasteiger partial charge is 0.329 e. The fourth-order valence-electron chi connectivity index (χ4n) is 2.17. The Balaban J connectivity index is 2.46. The van der Waals surface area contributed by atoms with Gasteiger partial charge in [-0.25, -0.2) is 13.4 Å². The lowest BCUT2D eigenvalue weighted by Gasteiger charge is -2.22. The Bertz CT molecular complexity index is 579. The van der Waals surface area contributed by atoms with Gasteiger partial charge in [-0.1, -0.05) is 0 Å². The Labute approximate surface area is 106 Å². The molecule has 1 unspecified atom stereocenters. The molecule has 0 spiro atoms. The van der Waals surface area contributed by atoms with Crippen molar-refractivity contribution in [2.45, 2.75) is 23.8 Å².